The average molecular weight is 1670 g/mol. The van der Waals surface area contributed by atoms with E-state index >= 15 is 0 Å². The molecule has 0 saturated carbocycles. The van der Waals surface area contributed by atoms with Gasteiger partial charge in [-0.2, -0.15) is 0 Å². The number of halogens is 4. The Labute approximate surface area is 681 Å². The number of hydrogen-bond acceptors (Lipinski definition) is 27. The lowest BCUT2D eigenvalue weighted by Crippen LogP contribution is -2.48. The summed E-state index contributed by atoms with van der Waals surface area (Å²) in [5.74, 6) is 1.09. The van der Waals surface area contributed by atoms with E-state index in [4.69, 9.17) is 120 Å². The third kappa shape index (κ3) is 24.0. The van der Waals surface area contributed by atoms with Crippen molar-refractivity contribution in [3.63, 3.8) is 0 Å². The number of unbranched alkanes of at least 4 members (excludes halogenated alkanes) is 1. The lowest BCUT2D eigenvalue weighted by Gasteiger charge is -2.36. The van der Waals surface area contributed by atoms with Gasteiger partial charge in [-0.15, -0.1) is 0 Å². The van der Waals surface area contributed by atoms with E-state index in [1.165, 1.54) is 18.2 Å². The molecule has 9 heterocycles. The molecular formula is C78H115Cl4N11O20. The maximum Gasteiger partial charge on any atom is 0.255 e. The van der Waals surface area contributed by atoms with Crippen LogP contribution < -0.4 is 76.4 Å². The van der Waals surface area contributed by atoms with Gasteiger partial charge in [-0.1, -0.05) is 81.0 Å². The number of likely N-dealkylation sites (tertiary alicyclic amines) is 4. The number of nitrogen functional groups attached to an aromatic ring is 3. The van der Waals surface area contributed by atoms with Gasteiger partial charge in [0.05, 0.1) is 105 Å². The second-order valence-electron chi connectivity index (χ2n) is 29.5. The molecule has 31 nitrogen and oxygen atoms in total. The van der Waals surface area contributed by atoms with Crippen LogP contribution in [0.3, 0.4) is 0 Å². The van der Waals surface area contributed by atoms with Gasteiger partial charge in [0.15, 0.2) is 51.8 Å². The highest BCUT2D eigenvalue weighted by atomic mass is 35.5. The van der Waals surface area contributed by atoms with Gasteiger partial charge in [-0.3, -0.25) is 29.0 Å². The summed E-state index contributed by atoms with van der Waals surface area (Å²) in [4.78, 5) is 59.4. The van der Waals surface area contributed by atoms with E-state index in [2.05, 4.69) is 61.6 Å². The maximum atomic E-state index is 12.8. The van der Waals surface area contributed by atoms with Crippen molar-refractivity contribution in [3.05, 3.63) is 72.2 Å². The molecule has 5 fully saturated rings. The van der Waals surface area contributed by atoms with Gasteiger partial charge in [0.1, 0.15) is 0 Å². The van der Waals surface area contributed by atoms with Gasteiger partial charge in [0.25, 0.3) is 23.6 Å². The Balaban J connectivity index is 0.000000173. The minimum absolute atomic E-state index is 0. The summed E-state index contributed by atoms with van der Waals surface area (Å²) in [5, 5.41) is 54.6. The van der Waals surface area contributed by atoms with Gasteiger partial charge < -0.3 is 126 Å². The number of aliphatic hydroxyl groups is 4. The second-order valence-corrected chi connectivity index (χ2v) is 31.1. The highest BCUT2D eigenvalue weighted by Crippen LogP contribution is 2.48. The van der Waals surface area contributed by atoms with Crippen LogP contribution in [0.25, 0.3) is 0 Å². The zero-order chi connectivity index (χ0) is 80.2. The number of hydrogen-bond donors (Lipinski definition) is 11. The number of anilines is 3. The molecule has 4 aromatic rings. The highest BCUT2D eigenvalue weighted by Gasteiger charge is 2.38. The predicted octanol–water partition coefficient (Wildman–Crippen LogP) is 7.77. The first-order valence-corrected chi connectivity index (χ1v) is 40.3. The predicted molar refractivity (Wildman–Crippen MR) is 428 cm³/mol. The fraction of sp³-hybridized carbons (Fsp3) is 0.641. The van der Waals surface area contributed by atoms with Crippen LogP contribution in [-0.2, 0) is 18.9 Å². The first-order chi connectivity index (χ1) is 53.9. The van der Waals surface area contributed by atoms with Crippen LogP contribution in [0.2, 0.25) is 20.1 Å². The fourth-order valence-electron chi connectivity index (χ4n) is 14.6. The molecule has 0 aliphatic carbocycles. The van der Waals surface area contributed by atoms with E-state index < -0.39 is 30.2 Å². The number of carbonyl (C=O) groups excluding carboxylic acids is 4. The van der Waals surface area contributed by atoms with Crippen molar-refractivity contribution >= 4 is 87.1 Å². The second kappa shape index (κ2) is 43.4. The fourth-order valence-corrected chi connectivity index (χ4v) is 15.4. The molecule has 0 aromatic heterocycles. The van der Waals surface area contributed by atoms with Crippen molar-refractivity contribution in [2.24, 2.45) is 23.7 Å². The van der Waals surface area contributed by atoms with Gasteiger partial charge in [-0.05, 0) is 122 Å². The molecule has 113 heavy (non-hydrogen) atoms. The van der Waals surface area contributed by atoms with Crippen molar-refractivity contribution in [3.8, 4) is 46.0 Å². The molecule has 14 N–H and O–H groups in total. The molecule has 0 bridgehead atoms. The molecule has 5 saturated heterocycles. The summed E-state index contributed by atoms with van der Waals surface area (Å²) in [6, 6.07) is 6.06. The molecule has 0 spiro atoms. The quantitative estimate of drug-likeness (QED) is 0.0191. The van der Waals surface area contributed by atoms with Crippen molar-refractivity contribution in [2.75, 3.05) is 182 Å². The third-order valence-corrected chi connectivity index (χ3v) is 22.7. The number of carbonyl (C=O) groups is 4. The zero-order valence-electron chi connectivity index (χ0n) is 64.5. The molecule has 35 heteroatoms. The number of benzene rings is 4. The highest BCUT2D eigenvalue weighted by molar-refractivity contribution is 6.35. The zero-order valence-corrected chi connectivity index (χ0v) is 67.6. The lowest BCUT2D eigenvalue weighted by molar-refractivity contribution is -0.148. The van der Waals surface area contributed by atoms with Crippen LogP contribution in [-0.4, -0.2) is 259 Å². The molecule has 0 radical (unpaired) electrons. The summed E-state index contributed by atoms with van der Waals surface area (Å²) in [6.45, 7) is 24.3. The molecule has 630 valence electrons. The number of nitrogens with zero attached hydrogens (tertiary/aromatic N) is 4. The van der Waals surface area contributed by atoms with Crippen LogP contribution in [0.4, 0.5) is 17.1 Å². The molecule has 8 atom stereocenters. The maximum absolute atomic E-state index is 12.8. The van der Waals surface area contributed by atoms with Crippen LogP contribution in [0.15, 0.2) is 24.3 Å². The summed E-state index contributed by atoms with van der Waals surface area (Å²) in [5.41, 5.74) is 20.3. The largest absolute Gasteiger partial charge is 0.453 e. The van der Waals surface area contributed by atoms with Crippen molar-refractivity contribution in [1.29, 1.82) is 0 Å². The molecule has 4 aromatic carbocycles. The van der Waals surface area contributed by atoms with Crippen LogP contribution in [0.5, 0.6) is 46.0 Å². The van der Waals surface area contributed by atoms with E-state index in [0.29, 0.717) is 148 Å². The molecular weight excluding hydrogens is 1550 g/mol. The first kappa shape index (κ1) is 90.2. The smallest absolute Gasteiger partial charge is 0.255 e. The van der Waals surface area contributed by atoms with E-state index in [0.717, 1.165) is 122 Å². The first-order valence-electron chi connectivity index (χ1n) is 38.8. The van der Waals surface area contributed by atoms with Gasteiger partial charge in [-0.25, -0.2) is 0 Å². The minimum Gasteiger partial charge on any atom is -0.453 e. The van der Waals surface area contributed by atoms with Gasteiger partial charge in [0, 0.05) is 119 Å². The van der Waals surface area contributed by atoms with Gasteiger partial charge in [0.2, 0.25) is 27.2 Å². The standard InChI is InChI=1S/C22H31ClN2O6.C19H28ClN3O5.C18H26ClN3O5.C18H26ClN3O4.CH4/c1-14-17(23)10-16(20-19(14)28-13-29-20)21(27)24-11-15-4-7-25(12-18(15)26)6-3-5-22(2)30-8-9-31-22;1-2-6-26-7-5-23-4-3-12(15(24)10-23)9-22-19(25)13-8-14(20)16(21)18-17(13)27-11-28-18;1-2-5-25-9-22-4-3-11(14(23)8-22)7-21-18(24)12-6-13(19)15(20)17-16(12)26-10-27-17;1-2-3-5-22-6-4-11(14(23)9-22)8-21-18(24)12-7-13(19)15(20)17-16(12)25-10-26-17;/h10,15,18,26H,3-9,11-13H2,1-2H3,(H,24,27);8,12,15,24H,2-7,9-11,21H2,1H3,(H,22,25);6,11,14,23H,2-5,7-10,20H2,1H3,(H,21,24);7,11,14,23H,2-6,8-10,20H2,1H3,(H,21,24);1H4. The van der Waals surface area contributed by atoms with Crippen molar-refractivity contribution in [2.45, 2.75) is 136 Å². The molecule has 8 unspecified atom stereocenters. The third-order valence-electron chi connectivity index (χ3n) is 21.4. The minimum atomic E-state index is -0.524. The number of nitrogens with one attached hydrogen (secondary N) is 4. The molecule has 9 aliphatic heterocycles. The Morgan fingerprint density at radius 2 is 0.770 bits per heavy atom. The van der Waals surface area contributed by atoms with Crippen LogP contribution in [0.1, 0.15) is 146 Å². The van der Waals surface area contributed by atoms with Crippen LogP contribution >= 0.6 is 46.4 Å². The number of nitrogens with two attached hydrogens (primary N) is 3. The number of fused-ring (bicyclic) bond motifs is 4. The summed E-state index contributed by atoms with van der Waals surface area (Å²) in [6.07, 6.45) is 7.34. The molecule has 9 aliphatic rings. The van der Waals surface area contributed by atoms with E-state index in [1.54, 1.807) is 6.07 Å². The Bertz CT molecular complexity index is 3830. The Morgan fingerprint density at radius 1 is 0.451 bits per heavy atom. The number of β-amino-alcohol motifs (C(OH)–C–C–N with tert-alkyl or cyclic N) is 4. The topological polar surface area (TPSA) is 399 Å². The summed E-state index contributed by atoms with van der Waals surface area (Å²) < 4.78 is 65.3. The Hall–Kier alpha value is -6.76. The normalized spacial score (nSPS) is 22.7. The van der Waals surface area contributed by atoms with Crippen LogP contribution in [0, 0.1) is 30.6 Å². The van der Waals surface area contributed by atoms with Crippen molar-refractivity contribution in [1.82, 2.24) is 40.9 Å². The van der Waals surface area contributed by atoms with Gasteiger partial charge >= 0.3 is 0 Å². The SMILES string of the molecule is C.CCCCN1CCC(CNC(=O)c2cc(Cl)c(N)c3c2OCO3)C(O)C1.CCCOCCN1CCC(CNC(=O)c2cc(Cl)c(N)c3c2OCO3)C(O)C1.CCCOCN1CCC(CNC(=O)c2cc(Cl)c(N)c3c2OCO3)C(O)C1.Cc1c(Cl)cc(C(=O)NCC2CCN(CCCC3(C)OCCO3)CC2O)c2c1OCO2. The Morgan fingerprint density at radius 3 is 1.14 bits per heavy atom. The monoisotopic (exact) mass is 1670 g/mol. The average Bonchev–Trinajstić information content (AvgIpc) is 1.72. The lowest BCUT2D eigenvalue weighted by atomic mass is 9.93. The summed E-state index contributed by atoms with van der Waals surface area (Å²) in [7, 11) is 0. The number of aliphatic hydroxyl groups excluding tert-OH is 4. The summed E-state index contributed by atoms with van der Waals surface area (Å²) >= 11 is 24.5. The number of ether oxygens (including phenoxy) is 12. The molecule has 4 amide bonds. The number of piperidine rings is 4. The number of rotatable bonds is 28. The van der Waals surface area contributed by atoms with Crippen molar-refractivity contribution < 1.29 is 96.4 Å². The number of amides is 4. The van der Waals surface area contributed by atoms with E-state index in [1.807, 2.05) is 13.8 Å². The Kier molecular flexibility index (Phi) is 34.7. The molecule has 13 rings (SSSR count). The van der Waals surface area contributed by atoms with E-state index in [9.17, 15) is 39.6 Å². The van der Waals surface area contributed by atoms with E-state index in [-0.39, 0.29) is 125 Å².